The van der Waals surface area contributed by atoms with E-state index in [1.165, 1.54) is 11.8 Å². The number of anilines is 1. The van der Waals surface area contributed by atoms with Crippen molar-refractivity contribution >= 4 is 31.0 Å². The fourth-order valence-electron chi connectivity index (χ4n) is 2.19. The predicted octanol–water partition coefficient (Wildman–Crippen LogP) is 2.17. The number of hydrogen-bond donors (Lipinski definition) is 2. The Morgan fingerprint density at radius 1 is 1.30 bits per heavy atom. The maximum absolute atomic E-state index is 11.0. The van der Waals surface area contributed by atoms with Crippen LogP contribution in [0.2, 0.25) is 0 Å². The molecule has 3 rings (SSSR count). The third kappa shape index (κ3) is 5.18. The number of methoxy groups -OCH3 is 1. The molecule has 1 aromatic carbocycles. The van der Waals surface area contributed by atoms with Gasteiger partial charge in [0.25, 0.3) is 0 Å². The molecule has 0 spiro atoms. The van der Waals surface area contributed by atoms with Crippen molar-refractivity contribution in [1.82, 2.24) is 19.6 Å². The van der Waals surface area contributed by atoms with Crippen molar-refractivity contribution < 1.29 is 23.8 Å². The molecule has 1 atom stereocenters. The summed E-state index contributed by atoms with van der Waals surface area (Å²) in [5.74, 6) is 0.876. The van der Waals surface area contributed by atoms with Crippen molar-refractivity contribution in [3.8, 4) is 5.75 Å². The van der Waals surface area contributed by atoms with Gasteiger partial charge in [-0.15, -0.1) is 4.67 Å². The Balaban J connectivity index is 1.78. The van der Waals surface area contributed by atoms with Gasteiger partial charge in [0.1, 0.15) is 5.75 Å². The molecule has 0 bridgehead atoms. The number of ether oxygens (including phenoxy) is 1. The third-order valence-corrected chi connectivity index (χ3v) is 4.68. The minimum atomic E-state index is -3.68. The van der Waals surface area contributed by atoms with Gasteiger partial charge in [0.15, 0.2) is 10.8 Å². The topological polar surface area (TPSA) is 134 Å². The average molecular weight is 411 g/mol. The summed E-state index contributed by atoms with van der Waals surface area (Å²) in [7, 11) is -2.07. The molecule has 12 heteroatoms. The first-order valence-electron chi connectivity index (χ1n) is 7.79. The van der Waals surface area contributed by atoms with E-state index in [1.54, 1.807) is 17.8 Å². The summed E-state index contributed by atoms with van der Waals surface area (Å²) in [5, 5.41) is 4.86. The van der Waals surface area contributed by atoms with Gasteiger partial charge in [-0.2, -0.15) is 19.6 Å². The van der Waals surface area contributed by atoms with Gasteiger partial charge in [0.2, 0.25) is 5.95 Å². The van der Waals surface area contributed by atoms with E-state index in [9.17, 15) is 4.57 Å². The quantitative estimate of drug-likeness (QED) is 0.246. The number of aromatic nitrogens is 4. The summed E-state index contributed by atoms with van der Waals surface area (Å²) in [6.07, 6.45) is 1.99. The van der Waals surface area contributed by atoms with E-state index in [2.05, 4.69) is 19.7 Å². The lowest BCUT2D eigenvalue weighted by atomic mass is 10.2. The summed E-state index contributed by atoms with van der Waals surface area (Å²) < 4.78 is 22.2. The predicted molar refractivity (Wildman–Crippen MR) is 98.8 cm³/mol. The van der Waals surface area contributed by atoms with Gasteiger partial charge in [-0.05, 0) is 36.0 Å². The van der Waals surface area contributed by atoms with E-state index in [-0.39, 0.29) is 12.6 Å². The molecule has 0 amide bonds. The van der Waals surface area contributed by atoms with Crippen LogP contribution in [-0.2, 0) is 20.5 Å². The summed E-state index contributed by atoms with van der Waals surface area (Å²) in [6, 6.07) is 7.51. The van der Waals surface area contributed by atoms with Crippen LogP contribution >= 0.6 is 19.4 Å². The molecule has 144 valence electrons. The van der Waals surface area contributed by atoms with Gasteiger partial charge in [-0.3, -0.25) is 4.57 Å². The normalized spacial score (nSPS) is 13.6. The molecule has 10 nitrogen and oxygen atoms in total. The van der Waals surface area contributed by atoms with Crippen molar-refractivity contribution in [3.05, 3.63) is 36.0 Å². The number of hydrogen-bond acceptors (Lipinski definition) is 9. The first kappa shape index (κ1) is 19.6. The Morgan fingerprint density at radius 2 is 2.04 bits per heavy atom. The average Bonchev–Trinajstić information content (AvgIpc) is 3.01. The summed E-state index contributed by atoms with van der Waals surface area (Å²) in [5.41, 5.74) is 7.12. The minimum absolute atomic E-state index is 0.0601. The highest BCUT2D eigenvalue weighted by Gasteiger charge is 2.15. The molecule has 3 N–H and O–H groups in total. The summed E-state index contributed by atoms with van der Waals surface area (Å²) in [4.78, 5) is 23.2. The molecule has 3 aromatic rings. The smallest absolute Gasteiger partial charge is 0.352 e. The van der Waals surface area contributed by atoms with E-state index in [4.69, 9.17) is 20.3 Å². The first-order valence-corrected chi connectivity index (χ1v) is 10.6. The largest absolute Gasteiger partial charge is 0.497 e. The van der Waals surface area contributed by atoms with Gasteiger partial charge in [-0.25, -0.2) is 4.89 Å². The molecular formula is C15H18N5O5PS. The second kappa shape index (κ2) is 8.24. The fraction of sp³-hybridized carbons (Fsp3) is 0.267. The van der Waals surface area contributed by atoms with Gasteiger partial charge in [0, 0.05) is 23.5 Å². The number of nitrogen functional groups attached to an aromatic ring is 1. The summed E-state index contributed by atoms with van der Waals surface area (Å²) in [6.45, 7) is 1.10. The second-order valence-corrected chi connectivity index (χ2v) is 8.29. The Labute approximate surface area is 159 Å². The molecule has 0 aliphatic carbocycles. The molecule has 0 fully saturated rings. The molecule has 0 radical (unpaired) electrons. The molecule has 2 heterocycles. The van der Waals surface area contributed by atoms with Crippen LogP contribution in [0, 0.1) is 0 Å². The maximum atomic E-state index is 11.0. The SMILES string of the molecule is COc1ccc(Sc2nc(N)nc3c(CCOOP(C)(=O)O)cnn23)cc1. The van der Waals surface area contributed by atoms with Gasteiger partial charge in [0.05, 0.1) is 19.9 Å². The molecule has 0 saturated heterocycles. The van der Waals surface area contributed by atoms with Crippen LogP contribution < -0.4 is 10.5 Å². The highest BCUT2D eigenvalue weighted by atomic mass is 32.2. The molecule has 0 aliphatic rings. The minimum Gasteiger partial charge on any atom is -0.497 e. The monoisotopic (exact) mass is 411 g/mol. The lowest BCUT2D eigenvalue weighted by Gasteiger charge is -2.07. The van der Waals surface area contributed by atoms with Gasteiger partial charge in [-0.1, -0.05) is 0 Å². The van der Waals surface area contributed by atoms with Crippen LogP contribution in [0.3, 0.4) is 0 Å². The molecule has 0 aliphatic heterocycles. The Kier molecular flexibility index (Phi) is 5.98. The Bertz CT molecular complexity index is 975. The van der Waals surface area contributed by atoms with Crippen LogP contribution in [0.1, 0.15) is 5.56 Å². The zero-order chi connectivity index (χ0) is 19.4. The van der Waals surface area contributed by atoms with Crippen molar-refractivity contribution in [2.45, 2.75) is 16.5 Å². The van der Waals surface area contributed by atoms with Crippen molar-refractivity contribution in [2.75, 3.05) is 26.1 Å². The lowest BCUT2D eigenvalue weighted by molar-refractivity contribution is -0.211. The Hall–Kier alpha value is -2.17. The zero-order valence-electron chi connectivity index (χ0n) is 14.6. The van der Waals surface area contributed by atoms with Crippen molar-refractivity contribution in [2.24, 2.45) is 0 Å². The van der Waals surface area contributed by atoms with Crippen LogP contribution in [0.15, 0.2) is 40.5 Å². The maximum Gasteiger partial charge on any atom is 0.352 e. The number of nitrogens with zero attached hydrogens (tertiary/aromatic N) is 4. The third-order valence-electron chi connectivity index (χ3n) is 3.34. The molecule has 1 unspecified atom stereocenters. The first-order chi connectivity index (χ1) is 12.9. The Morgan fingerprint density at radius 3 is 2.70 bits per heavy atom. The van der Waals surface area contributed by atoms with E-state index < -0.39 is 7.60 Å². The number of nitrogens with two attached hydrogens (primary N) is 1. The van der Waals surface area contributed by atoms with Gasteiger partial charge >= 0.3 is 7.60 Å². The van der Waals surface area contributed by atoms with Crippen molar-refractivity contribution in [3.63, 3.8) is 0 Å². The van der Waals surface area contributed by atoms with Crippen LogP contribution in [0.5, 0.6) is 5.75 Å². The highest BCUT2D eigenvalue weighted by molar-refractivity contribution is 7.99. The molecule has 2 aromatic heterocycles. The number of rotatable bonds is 8. The molecule has 27 heavy (non-hydrogen) atoms. The highest BCUT2D eigenvalue weighted by Crippen LogP contribution is 2.36. The van der Waals surface area contributed by atoms with Crippen LogP contribution in [-0.4, -0.2) is 44.9 Å². The standard InChI is InChI=1S/C15H18N5O5PS/c1-23-11-3-5-12(6-4-11)27-15-19-14(16)18-13-10(9-17-20(13)15)7-8-24-25-26(2,21)22/h3-6,9H,7-8H2,1-2H3,(H2,16,18)(H,21,22). The molecular weight excluding hydrogens is 393 g/mol. The molecule has 0 saturated carbocycles. The van der Waals surface area contributed by atoms with Crippen molar-refractivity contribution in [1.29, 1.82) is 0 Å². The summed E-state index contributed by atoms with van der Waals surface area (Å²) >= 11 is 1.38. The van der Waals surface area contributed by atoms with Gasteiger partial charge < -0.3 is 15.4 Å². The number of benzene rings is 1. The van der Waals surface area contributed by atoms with E-state index >= 15 is 0 Å². The van der Waals surface area contributed by atoms with Crippen LogP contribution in [0.4, 0.5) is 5.95 Å². The number of fused-ring (bicyclic) bond motifs is 1. The van der Waals surface area contributed by atoms with E-state index in [1.807, 2.05) is 24.3 Å². The van der Waals surface area contributed by atoms with Crippen LogP contribution in [0.25, 0.3) is 5.65 Å². The van der Waals surface area contributed by atoms with E-state index in [0.29, 0.717) is 17.2 Å². The lowest BCUT2D eigenvalue weighted by Crippen LogP contribution is -2.05. The fourth-order valence-corrected chi connectivity index (χ4v) is 3.30. The second-order valence-electron chi connectivity index (χ2n) is 5.50. The van der Waals surface area contributed by atoms with E-state index in [0.717, 1.165) is 22.9 Å². The zero-order valence-corrected chi connectivity index (χ0v) is 16.3.